The molecule has 0 aromatic rings. The third kappa shape index (κ3) is 6.20. The fraction of sp³-hybridized carbons (Fsp3) is 0.800. The van der Waals surface area contributed by atoms with Gasteiger partial charge >= 0.3 is 0 Å². The predicted molar refractivity (Wildman–Crippen MR) is 41.9 cm³/mol. The van der Waals surface area contributed by atoms with Gasteiger partial charge in [-0.3, -0.25) is 4.79 Å². The largest absolute Gasteiger partial charge is 0.343 e. The van der Waals surface area contributed by atoms with E-state index in [0.29, 0.717) is 0 Å². The lowest BCUT2D eigenvalue weighted by atomic mass is 10.4. The zero-order chi connectivity index (χ0) is 6.78. The Labute approximate surface area is 63.2 Å². The van der Waals surface area contributed by atoms with E-state index >= 15 is 0 Å². The molecule has 2 nitrogen and oxygen atoms in total. The third-order valence-electron chi connectivity index (χ3n) is 0.473. The first-order valence-electron chi connectivity index (χ1n) is 2.39. The van der Waals surface area contributed by atoms with E-state index in [1.807, 2.05) is 13.8 Å². The van der Waals surface area contributed by atoms with Gasteiger partial charge in [-0.2, -0.15) is 0 Å². The first-order chi connectivity index (χ1) is 3.42. The summed E-state index contributed by atoms with van der Waals surface area (Å²) in [5.41, 5.74) is 0. The summed E-state index contributed by atoms with van der Waals surface area (Å²) in [6, 6.07) is 0. The van der Waals surface area contributed by atoms with Crippen molar-refractivity contribution in [2.45, 2.75) is 24.3 Å². The molecule has 0 radical (unpaired) electrons. The molecule has 0 saturated carbocycles. The van der Waals surface area contributed by atoms with Crippen LogP contribution in [0, 0.1) is 0 Å². The first kappa shape index (κ1) is 8.20. The maximum atomic E-state index is 10.3. The number of amides is 1. The summed E-state index contributed by atoms with van der Waals surface area (Å²) in [5, 5.41) is 2.73. The van der Waals surface area contributed by atoms with E-state index in [1.54, 1.807) is 0 Å². The Bertz CT molecular complexity index is 95.1. The molecule has 0 bridgehead atoms. The quantitative estimate of drug-likeness (QED) is 0.408. The molecular weight excluding hydrogens is 217 g/mol. The summed E-state index contributed by atoms with van der Waals surface area (Å²) in [6.07, 6.45) is 0. The molecule has 0 fully saturated rings. The number of carbonyl (C=O) groups excluding carboxylic acids is 1. The van der Waals surface area contributed by atoms with E-state index in [-0.39, 0.29) is 9.45 Å². The van der Waals surface area contributed by atoms with Gasteiger partial charge in [0.1, 0.15) is 0 Å². The lowest BCUT2D eigenvalue weighted by Crippen LogP contribution is -2.36. The first-order valence-corrected chi connectivity index (χ1v) is 3.47. The summed E-state index contributed by atoms with van der Waals surface area (Å²) in [7, 11) is 0. The van der Waals surface area contributed by atoms with Crippen LogP contribution in [-0.4, -0.2) is 9.45 Å². The number of rotatable bonds is 1. The lowest BCUT2D eigenvalue weighted by molar-refractivity contribution is -0.119. The van der Waals surface area contributed by atoms with E-state index < -0.39 is 0 Å². The molecular formula is C5H10INO. The molecule has 3 heteroatoms. The average molecular weight is 227 g/mol. The zero-order valence-corrected chi connectivity index (χ0v) is 7.44. The van der Waals surface area contributed by atoms with E-state index in [1.165, 1.54) is 6.92 Å². The van der Waals surface area contributed by atoms with Crippen LogP contribution in [0.4, 0.5) is 0 Å². The maximum absolute atomic E-state index is 10.3. The van der Waals surface area contributed by atoms with Crippen LogP contribution in [-0.2, 0) is 4.79 Å². The molecule has 0 aliphatic heterocycles. The van der Waals surface area contributed by atoms with Crippen molar-refractivity contribution < 1.29 is 4.79 Å². The lowest BCUT2D eigenvalue weighted by Gasteiger charge is -2.16. The van der Waals surface area contributed by atoms with E-state index in [4.69, 9.17) is 0 Å². The molecule has 0 spiro atoms. The number of hydrogen-bond acceptors (Lipinski definition) is 1. The fourth-order valence-corrected chi connectivity index (χ4v) is 0.798. The van der Waals surface area contributed by atoms with Gasteiger partial charge in [0.2, 0.25) is 5.91 Å². The molecule has 48 valence electrons. The molecule has 0 unspecified atom stereocenters. The maximum Gasteiger partial charge on any atom is 0.217 e. The molecule has 1 amide bonds. The van der Waals surface area contributed by atoms with Gasteiger partial charge in [0, 0.05) is 6.92 Å². The zero-order valence-electron chi connectivity index (χ0n) is 5.29. The van der Waals surface area contributed by atoms with Crippen LogP contribution in [0.15, 0.2) is 0 Å². The van der Waals surface area contributed by atoms with Gasteiger partial charge in [-0.25, -0.2) is 0 Å². The minimum absolute atomic E-state index is 0.0180. The topological polar surface area (TPSA) is 29.1 Å². The Morgan fingerprint density at radius 1 is 1.62 bits per heavy atom. The van der Waals surface area contributed by atoms with Gasteiger partial charge in [0.25, 0.3) is 0 Å². The summed E-state index contributed by atoms with van der Waals surface area (Å²) in [6.45, 7) is 5.39. The van der Waals surface area contributed by atoms with Crippen LogP contribution in [0.1, 0.15) is 20.8 Å². The van der Waals surface area contributed by atoms with Crippen LogP contribution in [0.2, 0.25) is 0 Å². The van der Waals surface area contributed by atoms with Crippen molar-refractivity contribution in [2.24, 2.45) is 0 Å². The average Bonchev–Trinajstić information content (AvgIpc) is 1.21. The Kier molecular flexibility index (Phi) is 2.73. The molecule has 1 N–H and O–H groups in total. The Morgan fingerprint density at radius 3 is 2.00 bits per heavy atom. The molecule has 0 heterocycles. The Balaban J connectivity index is 3.55. The number of nitrogens with one attached hydrogen (secondary N) is 1. The van der Waals surface area contributed by atoms with Crippen LogP contribution < -0.4 is 5.32 Å². The van der Waals surface area contributed by atoms with Gasteiger partial charge in [-0.1, -0.05) is 22.6 Å². The minimum atomic E-state index is -0.108. The van der Waals surface area contributed by atoms with E-state index in [2.05, 4.69) is 27.9 Å². The standard InChI is InChI=1S/C5H10INO/c1-4(8)7-5(2,3)6/h1-3H3,(H,7,8). The second kappa shape index (κ2) is 2.66. The number of alkyl halides is 1. The fourth-order valence-electron chi connectivity index (χ4n) is 0.419. The van der Waals surface area contributed by atoms with Crippen molar-refractivity contribution in [3.8, 4) is 0 Å². The van der Waals surface area contributed by atoms with Crippen molar-refractivity contribution in [3.63, 3.8) is 0 Å². The highest BCUT2D eigenvalue weighted by atomic mass is 127. The van der Waals surface area contributed by atoms with Crippen LogP contribution >= 0.6 is 22.6 Å². The highest BCUT2D eigenvalue weighted by molar-refractivity contribution is 14.1. The third-order valence-corrected chi connectivity index (χ3v) is 0.743. The number of hydrogen-bond donors (Lipinski definition) is 1. The molecule has 0 atom stereocenters. The molecule has 0 aromatic heterocycles. The summed E-state index contributed by atoms with van der Waals surface area (Å²) in [5.74, 6) is 0.0180. The second-order valence-electron chi connectivity index (χ2n) is 2.15. The number of carbonyl (C=O) groups is 1. The second-order valence-corrected chi connectivity index (χ2v) is 4.85. The highest BCUT2D eigenvalue weighted by Crippen LogP contribution is 2.10. The molecule has 8 heavy (non-hydrogen) atoms. The van der Waals surface area contributed by atoms with E-state index in [9.17, 15) is 4.79 Å². The van der Waals surface area contributed by atoms with Gasteiger partial charge in [-0.15, -0.1) is 0 Å². The van der Waals surface area contributed by atoms with Crippen molar-refractivity contribution >= 4 is 28.5 Å². The monoisotopic (exact) mass is 227 g/mol. The van der Waals surface area contributed by atoms with E-state index in [0.717, 1.165) is 0 Å². The Morgan fingerprint density at radius 2 is 2.00 bits per heavy atom. The summed E-state index contributed by atoms with van der Waals surface area (Å²) >= 11 is 2.16. The van der Waals surface area contributed by atoms with Crippen molar-refractivity contribution in [1.82, 2.24) is 5.32 Å². The van der Waals surface area contributed by atoms with Crippen LogP contribution in [0.25, 0.3) is 0 Å². The van der Waals surface area contributed by atoms with Gasteiger partial charge in [0.15, 0.2) is 0 Å². The molecule has 0 rings (SSSR count). The van der Waals surface area contributed by atoms with Gasteiger partial charge in [-0.05, 0) is 13.8 Å². The summed E-state index contributed by atoms with van der Waals surface area (Å²) in [4.78, 5) is 10.3. The van der Waals surface area contributed by atoms with Crippen LogP contribution in [0.3, 0.4) is 0 Å². The van der Waals surface area contributed by atoms with Crippen molar-refractivity contribution in [2.75, 3.05) is 0 Å². The predicted octanol–water partition coefficient (Wildman–Crippen LogP) is 1.29. The number of halogens is 1. The highest BCUT2D eigenvalue weighted by Gasteiger charge is 2.11. The van der Waals surface area contributed by atoms with Gasteiger partial charge < -0.3 is 5.32 Å². The summed E-state index contributed by atoms with van der Waals surface area (Å²) < 4.78 is -0.108. The minimum Gasteiger partial charge on any atom is -0.343 e. The molecule has 0 aliphatic carbocycles. The van der Waals surface area contributed by atoms with Crippen LogP contribution in [0.5, 0.6) is 0 Å². The molecule has 0 aromatic carbocycles. The normalized spacial score (nSPS) is 11.0. The molecule has 0 saturated heterocycles. The van der Waals surface area contributed by atoms with Crippen molar-refractivity contribution in [3.05, 3.63) is 0 Å². The van der Waals surface area contributed by atoms with Crippen molar-refractivity contribution in [1.29, 1.82) is 0 Å². The molecule has 0 aliphatic rings. The van der Waals surface area contributed by atoms with Gasteiger partial charge in [0.05, 0.1) is 3.55 Å². The smallest absolute Gasteiger partial charge is 0.217 e. The Hall–Kier alpha value is 0.200. The SMILES string of the molecule is CC(=O)NC(C)(C)I.